The van der Waals surface area contributed by atoms with Gasteiger partial charge in [-0.15, -0.1) is 0 Å². The SMILES string of the molecule is CN(C)C(C/C=N/OCc1c(F)cccc1Cl)=C(C#N)C#N. The highest BCUT2D eigenvalue weighted by atomic mass is 35.5. The second-order valence-corrected chi connectivity index (χ2v) is 4.81. The Morgan fingerprint density at radius 1 is 1.41 bits per heavy atom. The van der Waals surface area contributed by atoms with Crippen LogP contribution in [0.1, 0.15) is 12.0 Å². The van der Waals surface area contributed by atoms with Gasteiger partial charge in [0.05, 0.1) is 5.02 Å². The molecule has 5 nitrogen and oxygen atoms in total. The fraction of sp³-hybridized carbons (Fsp3) is 0.267. The molecule has 0 aliphatic heterocycles. The predicted molar refractivity (Wildman–Crippen MR) is 81.2 cm³/mol. The number of hydrogen-bond donors (Lipinski definition) is 0. The van der Waals surface area contributed by atoms with Gasteiger partial charge in [-0.2, -0.15) is 10.5 Å². The summed E-state index contributed by atoms with van der Waals surface area (Å²) >= 11 is 5.86. The Balaban J connectivity index is 2.66. The van der Waals surface area contributed by atoms with Crippen LogP contribution in [0.15, 0.2) is 34.6 Å². The lowest BCUT2D eigenvalue weighted by molar-refractivity contribution is 0.129. The van der Waals surface area contributed by atoms with Crippen molar-refractivity contribution in [2.45, 2.75) is 13.0 Å². The Morgan fingerprint density at radius 2 is 2.09 bits per heavy atom. The van der Waals surface area contributed by atoms with Gasteiger partial charge in [0.2, 0.25) is 0 Å². The average Bonchev–Trinajstić information content (AvgIpc) is 2.48. The number of nitriles is 2. The Kier molecular flexibility index (Phi) is 6.88. The smallest absolute Gasteiger partial charge is 0.149 e. The maximum Gasteiger partial charge on any atom is 0.149 e. The van der Waals surface area contributed by atoms with Gasteiger partial charge in [-0.1, -0.05) is 22.8 Å². The molecule has 0 saturated heterocycles. The maximum atomic E-state index is 13.5. The van der Waals surface area contributed by atoms with Gasteiger partial charge in [0, 0.05) is 38.0 Å². The minimum atomic E-state index is -0.465. The van der Waals surface area contributed by atoms with Crippen LogP contribution >= 0.6 is 11.6 Å². The maximum absolute atomic E-state index is 13.5. The molecule has 7 heteroatoms. The van der Waals surface area contributed by atoms with Crippen molar-refractivity contribution in [2.24, 2.45) is 5.16 Å². The lowest BCUT2D eigenvalue weighted by atomic mass is 10.2. The number of oxime groups is 1. The normalized spacial score (nSPS) is 9.91. The predicted octanol–water partition coefficient (Wildman–Crippen LogP) is 3.23. The zero-order chi connectivity index (χ0) is 16.5. The highest BCUT2D eigenvalue weighted by molar-refractivity contribution is 6.31. The Labute approximate surface area is 133 Å². The summed E-state index contributed by atoms with van der Waals surface area (Å²) in [5.41, 5.74) is 0.745. The highest BCUT2D eigenvalue weighted by Gasteiger charge is 2.08. The van der Waals surface area contributed by atoms with Crippen LogP contribution in [0.3, 0.4) is 0 Å². The van der Waals surface area contributed by atoms with Crippen molar-refractivity contribution in [3.8, 4) is 12.1 Å². The van der Waals surface area contributed by atoms with Crippen LogP contribution in [0.4, 0.5) is 4.39 Å². The third-order valence-corrected chi connectivity index (χ3v) is 3.11. The summed E-state index contributed by atoms with van der Waals surface area (Å²) in [4.78, 5) is 6.65. The molecule has 114 valence electrons. The van der Waals surface area contributed by atoms with Gasteiger partial charge < -0.3 is 9.74 Å². The molecule has 0 heterocycles. The van der Waals surface area contributed by atoms with Crippen LogP contribution in [0.25, 0.3) is 0 Å². The molecule has 0 spiro atoms. The molecule has 0 bridgehead atoms. The fourth-order valence-electron chi connectivity index (χ4n) is 1.61. The molecule has 1 rings (SSSR count). The number of nitrogens with zero attached hydrogens (tertiary/aromatic N) is 4. The van der Waals surface area contributed by atoms with Crippen LogP contribution in [0.5, 0.6) is 0 Å². The molecule has 22 heavy (non-hydrogen) atoms. The lowest BCUT2D eigenvalue weighted by Gasteiger charge is -2.14. The van der Waals surface area contributed by atoms with E-state index < -0.39 is 5.82 Å². The summed E-state index contributed by atoms with van der Waals surface area (Å²) in [5.74, 6) is -0.465. The topological polar surface area (TPSA) is 72.4 Å². The molecule has 0 saturated carbocycles. The van der Waals surface area contributed by atoms with Gasteiger partial charge in [0.1, 0.15) is 30.1 Å². The van der Waals surface area contributed by atoms with E-state index in [9.17, 15) is 4.39 Å². The Bertz CT molecular complexity index is 635. The number of benzene rings is 1. The quantitative estimate of drug-likeness (QED) is 0.458. The van der Waals surface area contributed by atoms with E-state index in [0.29, 0.717) is 5.70 Å². The molecule has 1 aromatic carbocycles. The summed E-state index contributed by atoms with van der Waals surface area (Å²) in [6, 6.07) is 7.99. The van der Waals surface area contributed by atoms with Gasteiger partial charge in [-0.25, -0.2) is 4.39 Å². The lowest BCUT2D eigenvalue weighted by Crippen LogP contribution is -2.13. The van der Waals surface area contributed by atoms with E-state index >= 15 is 0 Å². The van der Waals surface area contributed by atoms with E-state index in [1.165, 1.54) is 18.3 Å². The number of allylic oxidation sites excluding steroid dienone is 2. The van der Waals surface area contributed by atoms with Gasteiger partial charge >= 0.3 is 0 Å². The molecule has 0 aliphatic carbocycles. The molecule has 0 unspecified atom stereocenters. The van der Waals surface area contributed by atoms with Crippen molar-refractivity contribution in [1.82, 2.24) is 4.90 Å². The zero-order valence-corrected chi connectivity index (χ0v) is 12.9. The highest BCUT2D eigenvalue weighted by Crippen LogP contribution is 2.19. The molecular weight excluding hydrogens is 307 g/mol. The molecular formula is C15H14ClFN4O. The zero-order valence-electron chi connectivity index (χ0n) is 12.2. The van der Waals surface area contributed by atoms with Crippen molar-refractivity contribution in [3.05, 3.63) is 45.9 Å². The van der Waals surface area contributed by atoms with Crippen molar-refractivity contribution < 1.29 is 9.23 Å². The molecule has 0 N–H and O–H groups in total. The average molecular weight is 321 g/mol. The Morgan fingerprint density at radius 3 is 2.64 bits per heavy atom. The molecule has 0 aliphatic rings. The first-order chi connectivity index (χ1) is 10.5. The largest absolute Gasteiger partial charge is 0.391 e. The van der Waals surface area contributed by atoms with Crippen molar-refractivity contribution in [3.63, 3.8) is 0 Å². The first kappa shape index (κ1) is 17.5. The third kappa shape index (κ3) is 4.76. The van der Waals surface area contributed by atoms with Crippen LogP contribution in [-0.2, 0) is 11.4 Å². The van der Waals surface area contributed by atoms with Gasteiger partial charge in [0.25, 0.3) is 0 Å². The number of rotatable bonds is 6. The van der Waals surface area contributed by atoms with Crippen LogP contribution in [0.2, 0.25) is 5.02 Å². The first-order valence-electron chi connectivity index (χ1n) is 6.28. The molecule has 0 atom stereocenters. The molecule has 0 fully saturated rings. The van der Waals surface area contributed by atoms with Gasteiger partial charge in [0.15, 0.2) is 0 Å². The summed E-state index contributed by atoms with van der Waals surface area (Å²) in [5, 5.41) is 21.7. The van der Waals surface area contributed by atoms with Crippen LogP contribution in [0, 0.1) is 28.5 Å². The van der Waals surface area contributed by atoms with Gasteiger partial charge in [-0.3, -0.25) is 0 Å². The molecule has 1 aromatic rings. The fourth-order valence-corrected chi connectivity index (χ4v) is 1.83. The Hall–Kier alpha value is -2.57. The minimum Gasteiger partial charge on any atom is -0.391 e. The van der Waals surface area contributed by atoms with Crippen molar-refractivity contribution >= 4 is 17.8 Å². The summed E-state index contributed by atoms with van der Waals surface area (Å²) in [6.45, 7) is -0.105. The van der Waals surface area contributed by atoms with E-state index in [1.54, 1.807) is 25.1 Å². The van der Waals surface area contributed by atoms with E-state index in [0.717, 1.165) is 0 Å². The second kappa shape index (κ2) is 8.66. The minimum absolute atomic E-state index is 0.00796. The standard InChI is InChI=1S/C15H14ClFN4O/c1-21(2)15(11(8-18)9-19)6-7-20-22-10-12-13(16)4-3-5-14(12)17/h3-5,7H,6,10H2,1-2H3/b20-7+. The second-order valence-electron chi connectivity index (χ2n) is 4.41. The first-order valence-corrected chi connectivity index (χ1v) is 6.66. The summed E-state index contributed by atoms with van der Waals surface area (Å²) in [7, 11) is 3.44. The van der Waals surface area contributed by atoms with Crippen LogP contribution < -0.4 is 0 Å². The van der Waals surface area contributed by atoms with E-state index in [-0.39, 0.29) is 29.2 Å². The molecule has 0 radical (unpaired) electrons. The van der Waals surface area contributed by atoms with E-state index in [4.69, 9.17) is 27.0 Å². The summed E-state index contributed by atoms with van der Waals surface area (Å²) in [6.07, 6.45) is 1.65. The third-order valence-electron chi connectivity index (χ3n) is 2.76. The molecule has 0 aromatic heterocycles. The van der Waals surface area contributed by atoms with Crippen molar-refractivity contribution in [2.75, 3.05) is 14.1 Å². The van der Waals surface area contributed by atoms with Crippen molar-refractivity contribution in [1.29, 1.82) is 10.5 Å². The molecule has 0 amide bonds. The monoisotopic (exact) mass is 320 g/mol. The number of hydrogen-bond acceptors (Lipinski definition) is 5. The van der Waals surface area contributed by atoms with Gasteiger partial charge in [-0.05, 0) is 12.1 Å². The van der Waals surface area contributed by atoms with E-state index in [1.807, 2.05) is 12.1 Å². The van der Waals surface area contributed by atoms with E-state index in [2.05, 4.69) is 5.16 Å². The summed E-state index contributed by atoms with van der Waals surface area (Å²) < 4.78 is 13.5. The van der Waals surface area contributed by atoms with Crippen LogP contribution in [-0.4, -0.2) is 25.2 Å². The number of halogens is 2.